The summed E-state index contributed by atoms with van der Waals surface area (Å²) in [5, 5.41) is 8.44. The summed E-state index contributed by atoms with van der Waals surface area (Å²) in [5.74, 6) is 2.30. The highest BCUT2D eigenvalue weighted by molar-refractivity contribution is 6.66. The van der Waals surface area contributed by atoms with Crippen LogP contribution in [0.1, 0.15) is 19.3 Å². The molecule has 0 aromatic rings. The summed E-state index contributed by atoms with van der Waals surface area (Å²) in [6, 6.07) is 0. The third-order valence-electron chi connectivity index (χ3n) is 1.79. The van der Waals surface area contributed by atoms with Crippen molar-refractivity contribution in [3.63, 3.8) is 0 Å². The third kappa shape index (κ3) is 1.26. The molecule has 42 valence electrons. The zero-order valence-corrected chi connectivity index (χ0v) is 5.06. The van der Waals surface area contributed by atoms with Gasteiger partial charge in [0.25, 0.3) is 6.71 Å². The Balaban J connectivity index is 2.25. The Kier molecular flexibility index (Phi) is 1.96. The van der Waals surface area contributed by atoms with E-state index in [4.69, 9.17) is 5.26 Å². The molecule has 0 spiro atoms. The van der Waals surface area contributed by atoms with Crippen molar-refractivity contribution in [2.45, 2.75) is 31.9 Å². The molecule has 2 heteroatoms. The van der Waals surface area contributed by atoms with E-state index in [1.165, 1.54) is 19.3 Å². The molecule has 0 aromatic heterocycles. The normalized spacial score (nSPS) is 20.1. The van der Waals surface area contributed by atoms with Crippen molar-refractivity contribution in [3.05, 3.63) is 0 Å². The van der Waals surface area contributed by atoms with Crippen LogP contribution in [-0.4, -0.2) is 6.71 Å². The fourth-order valence-electron chi connectivity index (χ4n) is 1.23. The van der Waals surface area contributed by atoms with Crippen molar-refractivity contribution < 1.29 is 0 Å². The quantitative estimate of drug-likeness (QED) is 0.432. The van der Waals surface area contributed by atoms with Crippen LogP contribution in [0, 0.1) is 11.2 Å². The molecule has 0 aromatic carbocycles. The van der Waals surface area contributed by atoms with Gasteiger partial charge in [-0.1, -0.05) is 31.9 Å². The fourth-order valence-corrected chi connectivity index (χ4v) is 1.23. The third-order valence-corrected chi connectivity index (χ3v) is 1.79. The van der Waals surface area contributed by atoms with Crippen LogP contribution in [0.3, 0.4) is 0 Å². The molecule has 0 radical (unpaired) electrons. The predicted octanol–water partition coefficient (Wildman–Crippen LogP) is 1.73. The zero-order valence-electron chi connectivity index (χ0n) is 5.06. The summed E-state index contributed by atoms with van der Waals surface area (Å²) in [6.45, 7) is 0.392. The number of hydrogen-bond acceptors (Lipinski definition) is 1. The largest absolute Gasteiger partial charge is 0.267 e. The summed E-state index contributed by atoms with van der Waals surface area (Å²) in [4.78, 5) is 0. The Morgan fingerprint density at radius 3 is 2.12 bits per heavy atom. The second-order valence-corrected chi connectivity index (χ2v) is 2.46. The SMILES string of the molecule is N#CB1CCCCC1. The van der Waals surface area contributed by atoms with E-state index in [0.29, 0.717) is 6.71 Å². The summed E-state index contributed by atoms with van der Waals surface area (Å²) < 4.78 is 0. The van der Waals surface area contributed by atoms with Crippen molar-refractivity contribution in [2.75, 3.05) is 0 Å². The van der Waals surface area contributed by atoms with Gasteiger partial charge >= 0.3 is 0 Å². The Morgan fingerprint density at radius 1 is 1.12 bits per heavy atom. The lowest BCUT2D eigenvalue weighted by molar-refractivity contribution is 0.728. The van der Waals surface area contributed by atoms with Gasteiger partial charge in [-0.2, -0.15) is 0 Å². The number of rotatable bonds is 0. The molecule has 1 saturated heterocycles. The van der Waals surface area contributed by atoms with E-state index in [9.17, 15) is 0 Å². The predicted molar refractivity (Wildman–Crippen MR) is 34.8 cm³/mol. The van der Waals surface area contributed by atoms with Crippen LogP contribution in [0.15, 0.2) is 0 Å². The van der Waals surface area contributed by atoms with E-state index >= 15 is 0 Å². The molecule has 0 amide bonds. The highest BCUT2D eigenvalue weighted by Gasteiger charge is 2.15. The van der Waals surface area contributed by atoms with Crippen molar-refractivity contribution >= 4 is 6.71 Å². The zero-order chi connectivity index (χ0) is 5.82. The Morgan fingerprint density at radius 2 is 1.75 bits per heavy atom. The first-order valence-corrected chi connectivity index (χ1v) is 3.33. The molecule has 0 atom stereocenters. The van der Waals surface area contributed by atoms with Crippen molar-refractivity contribution in [1.82, 2.24) is 0 Å². The van der Waals surface area contributed by atoms with E-state index in [1.807, 2.05) is 0 Å². The molecule has 1 heterocycles. The van der Waals surface area contributed by atoms with Gasteiger partial charge < -0.3 is 0 Å². The monoisotopic (exact) mass is 107 g/mol. The fraction of sp³-hybridized carbons (Fsp3) is 0.833. The van der Waals surface area contributed by atoms with Crippen LogP contribution in [0.4, 0.5) is 0 Å². The van der Waals surface area contributed by atoms with E-state index in [0.717, 1.165) is 12.6 Å². The molecule has 1 nitrogen and oxygen atoms in total. The van der Waals surface area contributed by atoms with Gasteiger partial charge in [0.05, 0.1) is 0 Å². The minimum absolute atomic E-state index is 0.392. The Labute approximate surface area is 50.8 Å². The topological polar surface area (TPSA) is 23.8 Å². The maximum absolute atomic E-state index is 8.44. The Bertz CT molecular complexity index is 99.6. The lowest BCUT2D eigenvalue weighted by Gasteiger charge is -2.09. The number of nitrogens with zero attached hydrogens (tertiary/aromatic N) is 1. The summed E-state index contributed by atoms with van der Waals surface area (Å²) >= 11 is 0. The van der Waals surface area contributed by atoms with Gasteiger partial charge in [-0.3, -0.25) is 0 Å². The summed E-state index contributed by atoms with van der Waals surface area (Å²) in [6.07, 6.45) is 6.20. The van der Waals surface area contributed by atoms with Crippen LogP contribution < -0.4 is 0 Å². The molecule has 0 aliphatic carbocycles. The first-order valence-electron chi connectivity index (χ1n) is 3.33. The first-order chi connectivity index (χ1) is 3.93. The van der Waals surface area contributed by atoms with Gasteiger partial charge in [0.1, 0.15) is 0 Å². The van der Waals surface area contributed by atoms with Gasteiger partial charge in [-0.15, -0.1) is 0 Å². The molecule has 8 heavy (non-hydrogen) atoms. The number of nitriles is 1. The lowest BCUT2D eigenvalue weighted by Crippen LogP contribution is -2.12. The van der Waals surface area contributed by atoms with Crippen molar-refractivity contribution in [1.29, 1.82) is 5.26 Å². The second kappa shape index (κ2) is 2.76. The molecule has 0 bridgehead atoms. The molecule has 0 unspecified atom stereocenters. The van der Waals surface area contributed by atoms with Crippen LogP contribution in [0.25, 0.3) is 0 Å². The van der Waals surface area contributed by atoms with E-state index < -0.39 is 0 Å². The summed E-state index contributed by atoms with van der Waals surface area (Å²) in [7, 11) is 0. The van der Waals surface area contributed by atoms with Crippen molar-refractivity contribution in [3.8, 4) is 5.97 Å². The maximum Gasteiger partial charge on any atom is 0.267 e. The Hall–Kier alpha value is -0.445. The van der Waals surface area contributed by atoms with E-state index in [-0.39, 0.29) is 0 Å². The maximum atomic E-state index is 8.44. The molecule has 1 rings (SSSR count). The van der Waals surface area contributed by atoms with Gasteiger partial charge in [-0.25, -0.2) is 5.26 Å². The summed E-state index contributed by atoms with van der Waals surface area (Å²) in [5.41, 5.74) is 0. The minimum atomic E-state index is 0.392. The lowest BCUT2D eigenvalue weighted by atomic mass is 9.43. The molecule has 1 aliphatic rings. The average Bonchev–Trinajstić information content (AvgIpc) is 1.90. The molecular weight excluding hydrogens is 96.9 g/mol. The van der Waals surface area contributed by atoms with Gasteiger partial charge in [0.2, 0.25) is 0 Å². The standard InChI is InChI=1S/C6H10BN/c8-6-7-4-2-1-3-5-7/h1-5H2. The highest BCUT2D eigenvalue weighted by Crippen LogP contribution is 2.17. The van der Waals surface area contributed by atoms with Crippen LogP contribution >= 0.6 is 0 Å². The highest BCUT2D eigenvalue weighted by atomic mass is 14.2. The molecule has 0 saturated carbocycles. The van der Waals surface area contributed by atoms with Crippen LogP contribution in [0.2, 0.25) is 12.6 Å². The number of hydrogen-bond donors (Lipinski definition) is 0. The first kappa shape index (κ1) is 5.69. The molecule has 0 N–H and O–H groups in total. The second-order valence-electron chi connectivity index (χ2n) is 2.46. The molecular formula is C6H10BN. The minimum Gasteiger partial charge on any atom is -0.213 e. The van der Waals surface area contributed by atoms with Gasteiger partial charge in [0, 0.05) is 5.97 Å². The average molecular weight is 107 g/mol. The van der Waals surface area contributed by atoms with Gasteiger partial charge in [-0.05, 0) is 0 Å². The smallest absolute Gasteiger partial charge is 0.213 e. The molecule has 1 aliphatic heterocycles. The van der Waals surface area contributed by atoms with E-state index in [2.05, 4.69) is 5.97 Å². The van der Waals surface area contributed by atoms with E-state index in [1.54, 1.807) is 0 Å². The van der Waals surface area contributed by atoms with Crippen molar-refractivity contribution in [2.24, 2.45) is 0 Å². The van der Waals surface area contributed by atoms with Gasteiger partial charge in [0.15, 0.2) is 0 Å². The molecule has 1 fully saturated rings. The van der Waals surface area contributed by atoms with Crippen LogP contribution in [0.5, 0.6) is 0 Å². The van der Waals surface area contributed by atoms with Crippen LogP contribution in [-0.2, 0) is 0 Å².